The van der Waals surface area contributed by atoms with Gasteiger partial charge < -0.3 is 14.6 Å². The molecule has 4 aromatic rings. The first kappa shape index (κ1) is 18.3. The summed E-state index contributed by atoms with van der Waals surface area (Å²) in [6, 6.07) is 19.3. The molecule has 0 aliphatic carbocycles. The fraction of sp³-hybridized carbons (Fsp3) is 0.182. The van der Waals surface area contributed by atoms with Gasteiger partial charge in [0.25, 0.3) is 5.91 Å². The average molecular weight is 391 g/mol. The SMILES string of the molecule is CCCn1c(-c2ccc(C(=O)Nc3ccc(OC)cc3)s2)nc2ccccc21. The third-order valence-electron chi connectivity index (χ3n) is 4.50. The van der Waals surface area contributed by atoms with Gasteiger partial charge in [-0.25, -0.2) is 4.98 Å². The Morgan fingerprint density at radius 2 is 1.89 bits per heavy atom. The minimum atomic E-state index is -0.125. The second-order valence-corrected chi connectivity index (χ2v) is 7.51. The molecule has 0 spiro atoms. The molecule has 0 fully saturated rings. The minimum Gasteiger partial charge on any atom is -0.497 e. The fourth-order valence-electron chi connectivity index (χ4n) is 3.16. The first-order valence-electron chi connectivity index (χ1n) is 9.20. The normalized spacial score (nSPS) is 10.9. The predicted molar refractivity (Wildman–Crippen MR) is 114 cm³/mol. The standard InChI is InChI=1S/C22H21N3O2S/c1-3-14-25-18-7-5-4-6-17(18)24-21(25)19-12-13-20(28-19)22(26)23-15-8-10-16(27-2)11-9-15/h4-13H,3,14H2,1-2H3,(H,23,26). The van der Waals surface area contributed by atoms with E-state index in [-0.39, 0.29) is 5.91 Å². The van der Waals surface area contributed by atoms with Gasteiger partial charge in [-0.2, -0.15) is 0 Å². The highest BCUT2D eigenvalue weighted by Crippen LogP contribution is 2.31. The monoisotopic (exact) mass is 391 g/mol. The van der Waals surface area contributed by atoms with Crippen molar-refractivity contribution in [2.24, 2.45) is 0 Å². The molecule has 0 aliphatic rings. The predicted octanol–water partition coefficient (Wildman–Crippen LogP) is 5.44. The van der Waals surface area contributed by atoms with Gasteiger partial charge in [-0.15, -0.1) is 11.3 Å². The van der Waals surface area contributed by atoms with Gasteiger partial charge in [-0.05, 0) is 55.0 Å². The number of aromatic nitrogens is 2. The maximum atomic E-state index is 12.6. The van der Waals surface area contributed by atoms with Crippen LogP contribution in [0.1, 0.15) is 23.0 Å². The number of para-hydroxylation sites is 2. The number of hydrogen-bond donors (Lipinski definition) is 1. The molecule has 0 bridgehead atoms. The number of fused-ring (bicyclic) bond motifs is 1. The number of thiophene rings is 1. The summed E-state index contributed by atoms with van der Waals surface area (Å²) < 4.78 is 7.38. The smallest absolute Gasteiger partial charge is 0.265 e. The molecule has 0 radical (unpaired) electrons. The number of rotatable bonds is 6. The van der Waals surface area contributed by atoms with Crippen LogP contribution in [0.15, 0.2) is 60.7 Å². The number of hydrogen-bond acceptors (Lipinski definition) is 4. The number of nitrogens with one attached hydrogen (secondary N) is 1. The molecule has 0 saturated heterocycles. The van der Waals surface area contributed by atoms with E-state index in [1.165, 1.54) is 11.3 Å². The van der Waals surface area contributed by atoms with Gasteiger partial charge in [0.2, 0.25) is 0 Å². The van der Waals surface area contributed by atoms with E-state index in [1.807, 2.05) is 54.6 Å². The molecule has 4 rings (SSSR count). The molecular weight excluding hydrogens is 370 g/mol. The summed E-state index contributed by atoms with van der Waals surface area (Å²) in [5.74, 6) is 1.54. The maximum Gasteiger partial charge on any atom is 0.265 e. The lowest BCUT2D eigenvalue weighted by Gasteiger charge is -2.06. The van der Waals surface area contributed by atoms with Crippen molar-refractivity contribution in [3.05, 3.63) is 65.5 Å². The molecule has 28 heavy (non-hydrogen) atoms. The van der Waals surface area contributed by atoms with Crippen LogP contribution in [0.4, 0.5) is 5.69 Å². The molecule has 1 N–H and O–H groups in total. The second kappa shape index (κ2) is 7.86. The van der Waals surface area contributed by atoms with Gasteiger partial charge in [0.05, 0.1) is 27.9 Å². The number of imidazole rings is 1. The van der Waals surface area contributed by atoms with Crippen molar-refractivity contribution in [3.8, 4) is 16.5 Å². The third kappa shape index (κ3) is 3.51. The van der Waals surface area contributed by atoms with E-state index in [2.05, 4.69) is 22.9 Å². The summed E-state index contributed by atoms with van der Waals surface area (Å²) in [4.78, 5) is 19.1. The van der Waals surface area contributed by atoms with Gasteiger partial charge in [0.15, 0.2) is 5.82 Å². The van der Waals surface area contributed by atoms with Crippen molar-refractivity contribution in [1.29, 1.82) is 0 Å². The first-order chi connectivity index (χ1) is 13.7. The molecule has 6 heteroatoms. The number of nitrogens with zero attached hydrogens (tertiary/aromatic N) is 2. The average Bonchev–Trinajstić information content (AvgIpc) is 3.34. The van der Waals surface area contributed by atoms with Crippen molar-refractivity contribution < 1.29 is 9.53 Å². The van der Waals surface area contributed by atoms with E-state index < -0.39 is 0 Å². The Balaban J connectivity index is 1.61. The number of benzene rings is 2. The molecule has 142 valence electrons. The lowest BCUT2D eigenvalue weighted by molar-refractivity contribution is 0.103. The largest absolute Gasteiger partial charge is 0.497 e. The molecule has 2 aromatic carbocycles. The Labute approximate surface area is 167 Å². The molecule has 0 unspecified atom stereocenters. The van der Waals surface area contributed by atoms with Crippen molar-refractivity contribution >= 4 is 34.0 Å². The summed E-state index contributed by atoms with van der Waals surface area (Å²) in [5.41, 5.74) is 2.83. The maximum absolute atomic E-state index is 12.6. The van der Waals surface area contributed by atoms with Crippen LogP contribution >= 0.6 is 11.3 Å². The lowest BCUT2D eigenvalue weighted by Crippen LogP contribution is -2.09. The summed E-state index contributed by atoms with van der Waals surface area (Å²) in [5, 5.41) is 2.93. The Morgan fingerprint density at radius 3 is 2.64 bits per heavy atom. The quantitative estimate of drug-likeness (QED) is 0.476. The highest BCUT2D eigenvalue weighted by Gasteiger charge is 2.16. The van der Waals surface area contributed by atoms with Crippen LogP contribution in [0.2, 0.25) is 0 Å². The van der Waals surface area contributed by atoms with Crippen molar-refractivity contribution in [2.45, 2.75) is 19.9 Å². The van der Waals surface area contributed by atoms with E-state index in [4.69, 9.17) is 9.72 Å². The van der Waals surface area contributed by atoms with Crippen LogP contribution in [0, 0.1) is 0 Å². The first-order valence-corrected chi connectivity index (χ1v) is 10.0. The molecule has 2 heterocycles. The molecule has 5 nitrogen and oxygen atoms in total. The minimum absolute atomic E-state index is 0.125. The molecule has 0 aliphatic heterocycles. The zero-order valence-electron chi connectivity index (χ0n) is 15.8. The Morgan fingerprint density at radius 1 is 1.11 bits per heavy atom. The van der Waals surface area contributed by atoms with Crippen LogP contribution in [-0.4, -0.2) is 22.6 Å². The number of methoxy groups -OCH3 is 1. The van der Waals surface area contributed by atoms with Crippen LogP contribution in [0.3, 0.4) is 0 Å². The van der Waals surface area contributed by atoms with E-state index in [0.29, 0.717) is 4.88 Å². The topological polar surface area (TPSA) is 56.2 Å². The lowest BCUT2D eigenvalue weighted by atomic mass is 10.3. The Kier molecular flexibility index (Phi) is 5.12. The zero-order valence-corrected chi connectivity index (χ0v) is 16.6. The molecular formula is C22H21N3O2S. The molecule has 2 aromatic heterocycles. The number of ether oxygens (including phenoxy) is 1. The van der Waals surface area contributed by atoms with Gasteiger partial charge in [-0.1, -0.05) is 19.1 Å². The van der Waals surface area contributed by atoms with Crippen molar-refractivity contribution in [2.75, 3.05) is 12.4 Å². The van der Waals surface area contributed by atoms with Gasteiger partial charge in [-0.3, -0.25) is 4.79 Å². The van der Waals surface area contributed by atoms with E-state index in [0.717, 1.165) is 46.1 Å². The number of anilines is 1. The summed E-state index contributed by atoms with van der Waals surface area (Å²) in [6.45, 7) is 3.04. The fourth-order valence-corrected chi connectivity index (χ4v) is 4.06. The molecule has 1 amide bonds. The van der Waals surface area contributed by atoms with E-state index >= 15 is 0 Å². The van der Waals surface area contributed by atoms with Gasteiger partial charge in [0, 0.05) is 12.2 Å². The summed E-state index contributed by atoms with van der Waals surface area (Å²) in [7, 11) is 1.62. The number of carbonyl (C=O) groups is 1. The highest BCUT2D eigenvalue weighted by molar-refractivity contribution is 7.17. The van der Waals surface area contributed by atoms with Crippen LogP contribution < -0.4 is 10.1 Å². The van der Waals surface area contributed by atoms with Crippen LogP contribution in [-0.2, 0) is 6.54 Å². The molecule has 0 saturated carbocycles. The highest BCUT2D eigenvalue weighted by atomic mass is 32.1. The van der Waals surface area contributed by atoms with Crippen LogP contribution in [0.25, 0.3) is 21.7 Å². The van der Waals surface area contributed by atoms with Crippen molar-refractivity contribution in [1.82, 2.24) is 9.55 Å². The van der Waals surface area contributed by atoms with E-state index in [1.54, 1.807) is 7.11 Å². The Hall–Kier alpha value is -3.12. The number of amides is 1. The van der Waals surface area contributed by atoms with Gasteiger partial charge in [0.1, 0.15) is 5.75 Å². The number of carbonyl (C=O) groups excluding carboxylic acids is 1. The zero-order chi connectivity index (χ0) is 19.5. The molecule has 0 atom stereocenters. The van der Waals surface area contributed by atoms with Crippen LogP contribution in [0.5, 0.6) is 5.75 Å². The summed E-state index contributed by atoms with van der Waals surface area (Å²) in [6.07, 6.45) is 1.02. The number of aryl methyl sites for hydroxylation is 1. The third-order valence-corrected chi connectivity index (χ3v) is 5.58. The van der Waals surface area contributed by atoms with E-state index in [9.17, 15) is 4.79 Å². The van der Waals surface area contributed by atoms with Gasteiger partial charge >= 0.3 is 0 Å². The van der Waals surface area contributed by atoms with Crippen molar-refractivity contribution in [3.63, 3.8) is 0 Å². The summed E-state index contributed by atoms with van der Waals surface area (Å²) >= 11 is 1.46. The Bertz CT molecular complexity index is 1110. The second-order valence-electron chi connectivity index (χ2n) is 6.42.